The standard InChI is InChI=1S/C11H13NO5/c1-3-17-10-5-4-8(6-11(10)16-2)9(13)7-12(14)15/h4-6H,3,7H2,1-2H3. The molecule has 0 N–H and O–H groups in total. The highest BCUT2D eigenvalue weighted by Crippen LogP contribution is 2.28. The summed E-state index contributed by atoms with van der Waals surface area (Å²) in [6.07, 6.45) is 0. The van der Waals surface area contributed by atoms with Crippen molar-refractivity contribution in [3.63, 3.8) is 0 Å². The van der Waals surface area contributed by atoms with E-state index in [1.54, 1.807) is 6.07 Å². The molecule has 0 amide bonds. The SMILES string of the molecule is CCOc1ccc(C(=O)C[N+](=O)[O-])cc1OC. The molecule has 0 aromatic heterocycles. The van der Waals surface area contributed by atoms with Crippen molar-refractivity contribution in [2.24, 2.45) is 0 Å². The lowest BCUT2D eigenvalue weighted by molar-refractivity contribution is -0.465. The van der Waals surface area contributed by atoms with Gasteiger partial charge in [-0.25, -0.2) is 0 Å². The van der Waals surface area contributed by atoms with Crippen LogP contribution >= 0.6 is 0 Å². The van der Waals surface area contributed by atoms with Gasteiger partial charge in [0.25, 0.3) is 6.54 Å². The Bertz CT molecular complexity index is 430. The number of carbonyl (C=O) groups excluding carboxylic acids is 1. The predicted molar refractivity (Wildman–Crippen MR) is 60.4 cm³/mol. The number of nitro groups is 1. The molecule has 1 aromatic carbocycles. The zero-order valence-corrected chi connectivity index (χ0v) is 9.63. The smallest absolute Gasteiger partial charge is 0.265 e. The number of hydrogen-bond donors (Lipinski definition) is 0. The third-order valence-electron chi connectivity index (χ3n) is 2.06. The Morgan fingerprint density at radius 3 is 2.65 bits per heavy atom. The molecule has 6 heteroatoms. The number of nitrogens with zero attached hydrogens (tertiary/aromatic N) is 1. The van der Waals surface area contributed by atoms with E-state index in [1.807, 2.05) is 6.92 Å². The zero-order valence-electron chi connectivity index (χ0n) is 9.63. The van der Waals surface area contributed by atoms with Crippen molar-refractivity contribution in [3.05, 3.63) is 33.9 Å². The van der Waals surface area contributed by atoms with Gasteiger partial charge in [-0.2, -0.15) is 0 Å². The van der Waals surface area contributed by atoms with Gasteiger partial charge in [-0.15, -0.1) is 0 Å². The summed E-state index contributed by atoms with van der Waals surface area (Å²) in [5.74, 6) is 0.338. The Morgan fingerprint density at radius 2 is 2.12 bits per heavy atom. The van der Waals surface area contributed by atoms with Gasteiger partial charge in [0.05, 0.1) is 13.7 Å². The van der Waals surface area contributed by atoms with Crippen LogP contribution in [0.15, 0.2) is 18.2 Å². The van der Waals surface area contributed by atoms with Crippen LogP contribution in [0.2, 0.25) is 0 Å². The third kappa shape index (κ3) is 3.44. The molecule has 0 aliphatic rings. The second kappa shape index (κ2) is 5.83. The molecule has 1 aromatic rings. The average molecular weight is 239 g/mol. The van der Waals surface area contributed by atoms with Gasteiger partial charge in [-0.05, 0) is 25.1 Å². The first-order valence-electron chi connectivity index (χ1n) is 5.04. The summed E-state index contributed by atoms with van der Waals surface area (Å²) in [6.45, 7) is 1.57. The zero-order chi connectivity index (χ0) is 12.8. The Morgan fingerprint density at radius 1 is 1.41 bits per heavy atom. The van der Waals surface area contributed by atoms with Gasteiger partial charge in [-0.3, -0.25) is 14.9 Å². The fourth-order valence-corrected chi connectivity index (χ4v) is 1.32. The maximum atomic E-state index is 11.5. The summed E-state index contributed by atoms with van der Waals surface area (Å²) in [5, 5.41) is 10.2. The van der Waals surface area contributed by atoms with Gasteiger partial charge in [-0.1, -0.05) is 0 Å². The number of methoxy groups -OCH3 is 1. The van der Waals surface area contributed by atoms with Crippen molar-refractivity contribution in [2.75, 3.05) is 20.3 Å². The predicted octanol–water partition coefficient (Wildman–Crippen LogP) is 1.55. The molecule has 0 radical (unpaired) electrons. The van der Waals surface area contributed by atoms with Crippen LogP contribution in [0.5, 0.6) is 11.5 Å². The maximum absolute atomic E-state index is 11.5. The van der Waals surface area contributed by atoms with Crippen molar-refractivity contribution in [3.8, 4) is 11.5 Å². The lowest BCUT2D eigenvalue weighted by Gasteiger charge is -2.09. The first-order chi connectivity index (χ1) is 8.08. The van der Waals surface area contributed by atoms with E-state index in [0.29, 0.717) is 18.1 Å². The van der Waals surface area contributed by atoms with E-state index in [2.05, 4.69) is 0 Å². The van der Waals surface area contributed by atoms with E-state index in [9.17, 15) is 14.9 Å². The minimum absolute atomic E-state index is 0.238. The third-order valence-corrected chi connectivity index (χ3v) is 2.06. The number of Topliss-reactive ketones (excluding diaryl/α,β-unsaturated/α-hetero) is 1. The number of hydrogen-bond acceptors (Lipinski definition) is 5. The molecule has 92 valence electrons. The quantitative estimate of drug-likeness (QED) is 0.427. The number of ketones is 1. The molecule has 0 spiro atoms. The van der Waals surface area contributed by atoms with E-state index in [4.69, 9.17) is 9.47 Å². The number of benzene rings is 1. The normalized spacial score (nSPS) is 9.76. The van der Waals surface area contributed by atoms with Gasteiger partial charge >= 0.3 is 0 Å². The topological polar surface area (TPSA) is 78.7 Å². The highest BCUT2D eigenvalue weighted by molar-refractivity contribution is 5.97. The van der Waals surface area contributed by atoms with Crippen molar-refractivity contribution in [2.45, 2.75) is 6.92 Å². The molecular formula is C11H13NO5. The second-order valence-electron chi connectivity index (χ2n) is 3.21. The molecule has 0 atom stereocenters. The van der Waals surface area contributed by atoms with E-state index < -0.39 is 17.3 Å². The minimum Gasteiger partial charge on any atom is -0.493 e. The monoisotopic (exact) mass is 239 g/mol. The van der Waals surface area contributed by atoms with Crippen LogP contribution < -0.4 is 9.47 Å². The van der Waals surface area contributed by atoms with Crippen molar-refractivity contribution < 1.29 is 19.2 Å². The van der Waals surface area contributed by atoms with Gasteiger partial charge < -0.3 is 9.47 Å². The fourth-order valence-electron chi connectivity index (χ4n) is 1.32. The van der Waals surface area contributed by atoms with Gasteiger partial charge in [0.2, 0.25) is 5.78 Å². The van der Waals surface area contributed by atoms with Gasteiger partial charge in [0.15, 0.2) is 11.5 Å². The van der Waals surface area contributed by atoms with E-state index in [-0.39, 0.29) is 5.56 Å². The van der Waals surface area contributed by atoms with Crippen LogP contribution in [0.3, 0.4) is 0 Å². The lowest BCUT2D eigenvalue weighted by atomic mass is 10.1. The molecule has 0 saturated heterocycles. The molecule has 0 bridgehead atoms. The first kappa shape index (κ1) is 13.0. The van der Waals surface area contributed by atoms with Crippen LogP contribution in [-0.4, -0.2) is 31.0 Å². The lowest BCUT2D eigenvalue weighted by Crippen LogP contribution is -2.13. The molecular weight excluding hydrogens is 226 g/mol. The second-order valence-corrected chi connectivity index (χ2v) is 3.21. The molecule has 0 saturated carbocycles. The number of rotatable bonds is 6. The molecule has 0 aliphatic carbocycles. The van der Waals surface area contributed by atoms with E-state index >= 15 is 0 Å². The molecule has 6 nitrogen and oxygen atoms in total. The molecule has 0 aliphatic heterocycles. The summed E-state index contributed by atoms with van der Waals surface area (Å²) >= 11 is 0. The van der Waals surface area contributed by atoms with E-state index in [1.165, 1.54) is 19.2 Å². The van der Waals surface area contributed by atoms with Crippen LogP contribution in [0, 0.1) is 10.1 Å². The molecule has 0 unspecified atom stereocenters. The Balaban J connectivity index is 2.96. The Labute approximate surface area is 98.3 Å². The maximum Gasteiger partial charge on any atom is 0.265 e. The van der Waals surface area contributed by atoms with Crippen LogP contribution in [-0.2, 0) is 0 Å². The Kier molecular flexibility index (Phi) is 4.45. The van der Waals surface area contributed by atoms with E-state index in [0.717, 1.165) is 0 Å². The molecule has 0 fully saturated rings. The highest BCUT2D eigenvalue weighted by atomic mass is 16.6. The van der Waals surface area contributed by atoms with Crippen molar-refractivity contribution >= 4 is 5.78 Å². The molecule has 1 rings (SSSR count). The minimum atomic E-state index is -0.725. The summed E-state index contributed by atoms with van der Waals surface area (Å²) in [4.78, 5) is 21.0. The Hall–Kier alpha value is -2.11. The number of ether oxygens (including phenoxy) is 2. The fraction of sp³-hybridized carbons (Fsp3) is 0.364. The van der Waals surface area contributed by atoms with Crippen LogP contribution in [0.1, 0.15) is 17.3 Å². The van der Waals surface area contributed by atoms with Gasteiger partial charge in [0, 0.05) is 10.5 Å². The molecule has 0 heterocycles. The highest BCUT2D eigenvalue weighted by Gasteiger charge is 2.15. The van der Waals surface area contributed by atoms with Crippen molar-refractivity contribution in [1.82, 2.24) is 0 Å². The first-order valence-corrected chi connectivity index (χ1v) is 5.04. The summed E-state index contributed by atoms with van der Waals surface area (Å²) < 4.78 is 10.3. The van der Waals surface area contributed by atoms with Crippen LogP contribution in [0.4, 0.5) is 0 Å². The number of carbonyl (C=O) groups is 1. The summed E-state index contributed by atoms with van der Waals surface area (Å²) in [7, 11) is 1.44. The van der Waals surface area contributed by atoms with Crippen molar-refractivity contribution in [1.29, 1.82) is 0 Å². The summed E-state index contributed by atoms with van der Waals surface area (Å²) in [5.41, 5.74) is 0.238. The largest absolute Gasteiger partial charge is 0.493 e. The van der Waals surface area contributed by atoms with Crippen LogP contribution in [0.25, 0.3) is 0 Å². The van der Waals surface area contributed by atoms with Gasteiger partial charge in [0.1, 0.15) is 0 Å². The average Bonchev–Trinajstić information content (AvgIpc) is 2.29. The molecule has 17 heavy (non-hydrogen) atoms. The summed E-state index contributed by atoms with van der Waals surface area (Å²) in [6, 6.07) is 4.49.